The topological polar surface area (TPSA) is 68.9 Å². The zero-order chi connectivity index (χ0) is 11.4. The highest BCUT2D eigenvalue weighted by atomic mass is 16.1. The van der Waals surface area contributed by atoms with Crippen LogP contribution in [-0.2, 0) is 6.42 Å². The van der Waals surface area contributed by atoms with E-state index in [9.17, 15) is 4.79 Å². The van der Waals surface area contributed by atoms with Crippen LogP contribution in [0.15, 0.2) is 43.0 Å². The number of carbonyl (C=O) groups excluding carboxylic acids is 1. The summed E-state index contributed by atoms with van der Waals surface area (Å²) in [5.41, 5.74) is 7.69. The average Bonchev–Trinajstić information content (AvgIpc) is 2.31. The molecule has 1 aromatic heterocycles. The molecule has 0 spiro atoms. The molecule has 0 aliphatic rings. The predicted molar refractivity (Wildman–Crippen MR) is 59.8 cm³/mol. The molecule has 0 fully saturated rings. The Balaban J connectivity index is 2.31. The lowest BCUT2D eigenvalue weighted by molar-refractivity contribution is 0.0999. The molecule has 0 radical (unpaired) electrons. The van der Waals surface area contributed by atoms with E-state index in [-0.39, 0.29) is 0 Å². The van der Waals surface area contributed by atoms with Gasteiger partial charge in [-0.3, -0.25) is 4.79 Å². The summed E-state index contributed by atoms with van der Waals surface area (Å²) < 4.78 is 0. The van der Waals surface area contributed by atoms with Gasteiger partial charge in [0, 0.05) is 24.4 Å². The van der Waals surface area contributed by atoms with Crippen LogP contribution in [0.2, 0.25) is 0 Å². The van der Waals surface area contributed by atoms with E-state index in [0.29, 0.717) is 12.0 Å². The predicted octanol–water partition coefficient (Wildman–Crippen LogP) is 1.17. The zero-order valence-corrected chi connectivity index (χ0v) is 8.63. The molecular formula is C12H11N3O. The van der Waals surface area contributed by atoms with Gasteiger partial charge in [-0.25, -0.2) is 9.97 Å². The molecule has 1 aromatic carbocycles. The monoisotopic (exact) mass is 213 g/mol. The van der Waals surface area contributed by atoms with E-state index in [1.54, 1.807) is 24.5 Å². The number of nitrogens with zero attached hydrogens (tertiary/aromatic N) is 2. The Labute approximate surface area is 93.2 Å². The van der Waals surface area contributed by atoms with Crippen LogP contribution in [0, 0.1) is 0 Å². The van der Waals surface area contributed by atoms with Gasteiger partial charge in [0.05, 0.1) is 0 Å². The van der Waals surface area contributed by atoms with Gasteiger partial charge in [0.15, 0.2) is 0 Å². The molecule has 16 heavy (non-hydrogen) atoms. The second-order valence-electron chi connectivity index (χ2n) is 3.44. The molecule has 0 atom stereocenters. The number of primary amides is 1. The minimum Gasteiger partial charge on any atom is -0.366 e. The molecule has 0 aliphatic carbocycles. The number of amides is 1. The first-order valence-electron chi connectivity index (χ1n) is 4.89. The largest absolute Gasteiger partial charge is 0.366 e. The first-order chi connectivity index (χ1) is 7.77. The fourth-order valence-corrected chi connectivity index (χ4v) is 1.56. The summed E-state index contributed by atoms with van der Waals surface area (Å²) in [5.74, 6) is -0.410. The average molecular weight is 213 g/mol. The van der Waals surface area contributed by atoms with Crippen LogP contribution >= 0.6 is 0 Å². The highest BCUT2D eigenvalue weighted by molar-refractivity contribution is 5.94. The SMILES string of the molecule is NC(=O)c1ccccc1Cc1cncnc1. The molecule has 0 bridgehead atoms. The Bertz CT molecular complexity index is 497. The molecule has 2 N–H and O–H groups in total. The number of carbonyl (C=O) groups is 1. The van der Waals surface area contributed by atoms with Gasteiger partial charge >= 0.3 is 0 Å². The second kappa shape index (κ2) is 4.53. The van der Waals surface area contributed by atoms with Gasteiger partial charge in [0.25, 0.3) is 0 Å². The number of aromatic nitrogens is 2. The van der Waals surface area contributed by atoms with Crippen molar-refractivity contribution in [2.45, 2.75) is 6.42 Å². The molecule has 80 valence electrons. The third-order valence-electron chi connectivity index (χ3n) is 2.29. The lowest BCUT2D eigenvalue weighted by atomic mass is 10.0. The van der Waals surface area contributed by atoms with Crippen molar-refractivity contribution < 1.29 is 4.79 Å². The van der Waals surface area contributed by atoms with Crippen molar-refractivity contribution in [3.63, 3.8) is 0 Å². The third-order valence-corrected chi connectivity index (χ3v) is 2.29. The van der Waals surface area contributed by atoms with Crippen molar-refractivity contribution >= 4 is 5.91 Å². The van der Waals surface area contributed by atoms with Gasteiger partial charge in [-0.05, 0) is 17.2 Å². The van der Waals surface area contributed by atoms with Crippen LogP contribution < -0.4 is 5.73 Å². The quantitative estimate of drug-likeness (QED) is 0.832. The number of rotatable bonds is 3. The van der Waals surface area contributed by atoms with Crippen LogP contribution in [0.5, 0.6) is 0 Å². The number of benzene rings is 1. The summed E-state index contributed by atoms with van der Waals surface area (Å²) in [4.78, 5) is 19.1. The first kappa shape index (κ1) is 10.3. The molecule has 4 nitrogen and oxygen atoms in total. The molecule has 2 rings (SSSR count). The maximum Gasteiger partial charge on any atom is 0.248 e. The molecule has 1 heterocycles. The van der Waals surface area contributed by atoms with Gasteiger partial charge in [-0.15, -0.1) is 0 Å². The Hall–Kier alpha value is -2.23. The minimum atomic E-state index is -0.410. The summed E-state index contributed by atoms with van der Waals surface area (Å²) in [7, 11) is 0. The van der Waals surface area contributed by atoms with Crippen molar-refractivity contribution in [3.8, 4) is 0 Å². The number of nitrogens with two attached hydrogens (primary N) is 1. The van der Waals surface area contributed by atoms with E-state index < -0.39 is 5.91 Å². The molecule has 0 saturated carbocycles. The van der Waals surface area contributed by atoms with Crippen LogP contribution in [0.4, 0.5) is 0 Å². The van der Waals surface area contributed by atoms with Gasteiger partial charge < -0.3 is 5.73 Å². The lowest BCUT2D eigenvalue weighted by Gasteiger charge is -2.05. The van der Waals surface area contributed by atoms with Crippen LogP contribution in [0.3, 0.4) is 0 Å². The van der Waals surface area contributed by atoms with Crippen LogP contribution in [0.25, 0.3) is 0 Å². The fourth-order valence-electron chi connectivity index (χ4n) is 1.56. The van der Waals surface area contributed by atoms with Gasteiger partial charge in [0.2, 0.25) is 5.91 Å². The van der Waals surface area contributed by atoms with E-state index >= 15 is 0 Å². The molecular weight excluding hydrogens is 202 g/mol. The molecule has 0 aliphatic heterocycles. The van der Waals surface area contributed by atoms with Gasteiger partial charge in [-0.2, -0.15) is 0 Å². The highest BCUT2D eigenvalue weighted by Gasteiger charge is 2.07. The van der Waals surface area contributed by atoms with Crippen molar-refractivity contribution in [1.82, 2.24) is 9.97 Å². The number of hydrogen-bond donors (Lipinski definition) is 1. The molecule has 0 unspecified atom stereocenters. The van der Waals surface area contributed by atoms with Crippen LogP contribution in [0.1, 0.15) is 21.5 Å². The Morgan fingerprint density at radius 2 is 1.88 bits per heavy atom. The van der Waals surface area contributed by atoms with Gasteiger partial charge in [0.1, 0.15) is 6.33 Å². The maximum atomic E-state index is 11.2. The summed E-state index contributed by atoms with van der Waals surface area (Å²) in [6.45, 7) is 0. The summed E-state index contributed by atoms with van der Waals surface area (Å²) in [6, 6.07) is 7.28. The number of hydrogen-bond acceptors (Lipinski definition) is 3. The van der Waals surface area contributed by atoms with E-state index in [0.717, 1.165) is 11.1 Å². The highest BCUT2D eigenvalue weighted by Crippen LogP contribution is 2.12. The fraction of sp³-hybridized carbons (Fsp3) is 0.0833. The molecule has 0 saturated heterocycles. The Kier molecular flexibility index (Phi) is 2.91. The summed E-state index contributed by atoms with van der Waals surface area (Å²) >= 11 is 0. The third kappa shape index (κ3) is 2.23. The van der Waals surface area contributed by atoms with Crippen molar-refractivity contribution in [2.75, 3.05) is 0 Å². The molecule has 4 heteroatoms. The Morgan fingerprint density at radius 3 is 2.56 bits per heavy atom. The molecule has 2 aromatic rings. The standard InChI is InChI=1S/C12H11N3O/c13-12(16)11-4-2-1-3-10(11)5-9-6-14-8-15-7-9/h1-4,6-8H,5H2,(H2,13,16). The van der Waals surface area contributed by atoms with E-state index in [1.807, 2.05) is 12.1 Å². The minimum absolute atomic E-state index is 0.410. The molecule has 1 amide bonds. The first-order valence-corrected chi connectivity index (χ1v) is 4.89. The summed E-state index contributed by atoms with van der Waals surface area (Å²) in [5, 5.41) is 0. The Morgan fingerprint density at radius 1 is 1.19 bits per heavy atom. The van der Waals surface area contributed by atoms with E-state index in [1.165, 1.54) is 6.33 Å². The van der Waals surface area contributed by atoms with Crippen LogP contribution in [-0.4, -0.2) is 15.9 Å². The lowest BCUT2D eigenvalue weighted by Crippen LogP contribution is -2.13. The smallest absolute Gasteiger partial charge is 0.248 e. The van der Waals surface area contributed by atoms with Crippen molar-refractivity contribution in [1.29, 1.82) is 0 Å². The van der Waals surface area contributed by atoms with E-state index in [2.05, 4.69) is 9.97 Å². The maximum absolute atomic E-state index is 11.2. The van der Waals surface area contributed by atoms with Crippen molar-refractivity contribution in [2.24, 2.45) is 5.73 Å². The summed E-state index contributed by atoms with van der Waals surface area (Å²) in [6.07, 6.45) is 5.54. The van der Waals surface area contributed by atoms with Crippen molar-refractivity contribution in [3.05, 3.63) is 59.7 Å². The van der Waals surface area contributed by atoms with E-state index in [4.69, 9.17) is 5.73 Å². The zero-order valence-electron chi connectivity index (χ0n) is 8.63. The second-order valence-corrected chi connectivity index (χ2v) is 3.44. The van der Waals surface area contributed by atoms with Gasteiger partial charge in [-0.1, -0.05) is 18.2 Å². The normalized spacial score (nSPS) is 10.0.